The molecule has 2 aliphatic carbocycles. The van der Waals surface area contributed by atoms with Gasteiger partial charge < -0.3 is 20.5 Å². The lowest BCUT2D eigenvalue weighted by molar-refractivity contribution is -0.123. The minimum absolute atomic E-state index is 0.0281. The van der Waals surface area contributed by atoms with Crippen molar-refractivity contribution in [3.63, 3.8) is 0 Å². The van der Waals surface area contributed by atoms with Crippen LogP contribution >= 0.6 is 15.9 Å². The number of ether oxygens (including phenoxy) is 2. The average molecular weight is 572 g/mol. The van der Waals surface area contributed by atoms with Crippen LogP contribution in [0.3, 0.4) is 0 Å². The molecule has 2 atom stereocenters. The maximum atomic E-state index is 12.4. The molecule has 1 amide bonds. The topological polar surface area (TPSA) is 145 Å². The third-order valence-corrected chi connectivity index (χ3v) is 7.63. The smallest absolute Gasteiger partial charge is 0.258 e. The van der Waals surface area contributed by atoms with E-state index in [4.69, 9.17) is 15.2 Å². The van der Waals surface area contributed by atoms with Gasteiger partial charge in [-0.3, -0.25) is 4.79 Å². The zero-order valence-corrected chi connectivity index (χ0v) is 22.4. The molecule has 0 aliphatic heterocycles. The first-order valence-corrected chi connectivity index (χ1v) is 13.0. The van der Waals surface area contributed by atoms with Crippen molar-refractivity contribution in [3.8, 4) is 29.7 Å². The predicted molar refractivity (Wildman–Crippen MR) is 143 cm³/mol. The number of benzene rings is 2. The molecule has 0 heterocycles. The summed E-state index contributed by atoms with van der Waals surface area (Å²) < 4.78 is 12.3. The SMILES string of the molecule is CCOc1cc(C2C3CCC=C3C(C#N)=C(N)C2(C#N)C#N)c(Br)cc1OCC(=O)NCc1ccccc1. The lowest BCUT2D eigenvalue weighted by Crippen LogP contribution is -2.41. The Labute approximate surface area is 230 Å². The van der Waals surface area contributed by atoms with Crippen molar-refractivity contribution < 1.29 is 14.3 Å². The van der Waals surface area contributed by atoms with Gasteiger partial charge in [0.15, 0.2) is 23.5 Å². The van der Waals surface area contributed by atoms with Gasteiger partial charge in [0, 0.05) is 16.9 Å². The molecule has 8 nitrogen and oxygen atoms in total. The molecule has 9 heteroatoms. The molecule has 0 fully saturated rings. The third-order valence-electron chi connectivity index (χ3n) is 6.95. The molecule has 0 saturated heterocycles. The second kappa shape index (κ2) is 11.4. The van der Waals surface area contributed by atoms with Crippen LogP contribution in [0.15, 0.2) is 69.9 Å². The summed E-state index contributed by atoms with van der Waals surface area (Å²) in [6, 6.07) is 19.4. The zero-order chi connectivity index (χ0) is 27.3. The van der Waals surface area contributed by atoms with Crippen molar-refractivity contribution in [2.45, 2.75) is 32.2 Å². The molecule has 2 aromatic carbocycles. The van der Waals surface area contributed by atoms with E-state index in [1.165, 1.54) is 0 Å². The quantitative estimate of drug-likeness (QED) is 0.465. The number of nitriles is 3. The van der Waals surface area contributed by atoms with Crippen LogP contribution in [0.4, 0.5) is 0 Å². The fraction of sp³-hybridized carbons (Fsp3) is 0.310. The molecular formula is C29H26BrN5O3. The number of amides is 1. The van der Waals surface area contributed by atoms with Gasteiger partial charge >= 0.3 is 0 Å². The Morgan fingerprint density at radius 2 is 1.87 bits per heavy atom. The minimum atomic E-state index is -1.73. The fourth-order valence-electron chi connectivity index (χ4n) is 5.20. The summed E-state index contributed by atoms with van der Waals surface area (Å²) in [5.74, 6) is -0.447. The van der Waals surface area contributed by atoms with Gasteiger partial charge in [-0.1, -0.05) is 52.3 Å². The van der Waals surface area contributed by atoms with E-state index in [2.05, 4.69) is 39.5 Å². The van der Waals surface area contributed by atoms with Crippen molar-refractivity contribution in [2.75, 3.05) is 13.2 Å². The van der Waals surface area contributed by atoms with Gasteiger partial charge in [-0.05, 0) is 54.5 Å². The molecule has 2 aliphatic rings. The number of fused-ring (bicyclic) bond motifs is 1. The predicted octanol–water partition coefficient (Wildman–Crippen LogP) is 4.75. The van der Waals surface area contributed by atoms with Crippen LogP contribution in [0.2, 0.25) is 0 Å². The fourth-order valence-corrected chi connectivity index (χ4v) is 5.77. The van der Waals surface area contributed by atoms with Crippen LogP contribution in [-0.4, -0.2) is 19.1 Å². The molecule has 38 heavy (non-hydrogen) atoms. The Morgan fingerprint density at radius 3 is 2.53 bits per heavy atom. The number of hydrogen-bond donors (Lipinski definition) is 2. The highest BCUT2D eigenvalue weighted by Gasteiger charge is 2.54. The molecule has 0 saturated carbocycles. The van der Waals surface area contributed by atoms with Crippen molar-refractivity contribution in [1.29, 1.82) is 15.8 Å². The van der Waals surface area contributed by atoms with Gasteiger partial charge in [0.25, 0.3) is 5.91 Å². The highest BCUT2D eigenvalue weighted by Crippen LogP contribution is 2.58. The van der Waals surface area contributed by atoms with Gasteiger partial charge in [0.1, 0.15) is 6.07 Å². The largest absolute Gasteiger partial charge is 0.490 e. The van der Waals surface area contributed by atoms with Crippen LogP contribution in [0, 0.1) is 45.3 Å². The second-order valence-electron chi connectivity index (χ2n) is 9.06. The number of nitrogens with one attached hydrogen (secondary N) is 1. The summed E-state index contributed by atoms with van der Waals surface area (Å²) in [6.45, 7) is 2.32. The number of carbonyl (C=O) groups is 1. The molecule has 192 valence electrons. The Morgan fingerprint density at radius 1 is 1.16 bits per heavy atom. The summed E-state index contributed by atoms with van der Waals surface area (Å²) in [5.41, 5.74) is 7.21. The highest BCUT2D eigenvalue weighted by molar-refractivity contribution is 9.10. The van der Waals surface area contributed by atoms with Crippen LogP contribution in [-0.2, 0) is 11.3 Å². The summed E-state index contributed by atoms with van der Waals surface area (Å²) in [4.78, 5) is 12.4. The first kappa shape index (κ1) is 26.8. The molecule has 2 unspecified atom stereocenters. The maximum absolute atomic E-state index is 12.4. The van der Waals surface area contributed by atoms with Crippen molar-refractivity contribution in [1.82, 2.24) is 5.32 Å². The summed E-state index contributed by atoms with van der Waals surface area (Å²) >= 11 is 3.60. The van der Waals surface area contributed by atoms with Crippen LogP contribution in [0.1, 0.15) is 36.8 Å². The van der Waals surface area contributed by atoms with E-state index >= 15 is 0 Å². The molecule has 0 bridgehead atoms. The molecule has 0 radical (unpaired) electrons. The van der Waals surface area contributed by atoms with Crippen LogP contribution in [0.5, 0.6) is 11.5 Å². The number of carbonyl (C=O) groups excluding carboxylic acids is 1. The number of halogens is 1. The van der Waals surface area contributed by atoms with Gasteiger partial charge in [0.05, 0.1) is 30.0 Å². The Bertz CT molecular complexity index is 1420. The second-order valence-corrected chi connectivity index (χ2v) is 9.91. The van der Waals surface area contributed by atoms with E-state index in [1.807, 2.05) is 43.3 Å². The zero-order valence-electron chi connectivity index (χ0n) is 20.8. The first-order chi connectivity index (χ1) is 18.4. The number of nitrogens with zero attached hydrogens (tertiary/aromatic N) is 3. The van der Waals surface area contributed by atoms with Crippen LogP contribution < -0.4 is 20.5 Å². The lowest BCUT2D eigenvalue weighted by atomic mass is 9.59. The molecule has 4 rings (SSSR count). The molecule has 0 spiro atoms. The third kappa shape index (κ3) is 4.84. The lowest BCUT2D eigenvalue weighted by Gasteiger charge is -2.40. The number of allylic oxidation sites excluding steroid dienone is 4. The number of rotatable bonds is 8. The van der Waals surface area contributed by atoms with Crippen molar-refractivity contribution in [2.24, 2.45) is 17.1 Å². The molecular weight excluding hydrogens is 546 g/mol. The average Bonchev–Trinajstić information content (AvgIpc) is 3.41. The summed E-state index contributed by atoms with van der Waals surface area (Å²) in [6.07, 6.45) is 3.36. The van der Waals surface area contributed by atoms with Crippen LogP contribution in [0.25, 0.3) is 0 Å². The van der Waals surface area contributed by atoms with Gasteiger partial charge in [-0.25, -0.2) is 0 Å². The normalized spacial score (nSPS) is 19.3. The van der Waals surface area contributed by atoms with Gasteiger partial charge in [0.2, 0.25) is 0 Å². The van der Waals surface area contributed by atoms with Crippen molar-refractivity contribution >= 4 is 21.8 Å². The molecule has 2 aromatic rings. The Balaban J connectivity index is 1.66. The standard InChI is InChI=1S/C29H26BrN5O3/c1-2-37-24-11-21(23(30)12-25(24)38-15-26(36)35-14-18-7-4-3-5-8-18)27-20-10-6-9-19(20)22(13-31)28(34)29(27,16-32)17-33/h3-5,7-9,11-12,20,27H,2,6,10,14-15,34H2,1H3,(H,35,36). The summed E-state index contributed by atoms with van der Waals surface area (Å²) in [7, 11) is 0. The highest BCUT2D eigenvalue weighted by atomic mass is 79.9. The Hall–Kier alpha value is -4.26. The van der Waals surface area contributed by atoms with E-state index in [0.717, 1.165) is 17.6 Å². The van der Waals surface area contributed by atoms with Gasteiger partial charge in [-0.2, -0.15) is 15.8 Å². The van der Waals surface area contributed by atoms with Gasteiger partial charge in [-0.15, -0.1) is 0 Å². The van der Waals surface area contributed by atoms with E-state index in [0.29, 0.717) is 41.1 Å². The molecule has 3 N–H and O–H groups in total. The van der Waals surface area contributed by atoms with E-state index in [1.54, 1.807) is 12.1 Å². The van der Waals surface area contributed by atoms with Crippen molar-refractivity contribution in [3.05, 3.63) is 81.0 Å². The number of hydrogen-bond acceptors (Lipinski definition) is 7. The number of nitrogens with two attached hydrogens (primary N) is 1. The van der Waals surface area contributed by atoms with E-state index in [-0.39, 0.29) is 29.7 Å². The Kier molecular flexibility index (Phi) is 8.05. The first-order valence-electron chi connectivity index (χ1n) is 12.2. The minimum Gasteiger partial charge on any atom is -0.490 e. The van der Waals surface area contributed by atoms with E-state index in [9.17, 15) is 20.6 Å². The maximum Gasteiger partial charge on any atom is 0.258 e. The monoisotopic (exact) mass is 571 g/mol. The molecule has 0 aromatic heterocycles. The summed E-state index contributed by atoms with van der Waals surface area (Å²) in [5, 5.41) is 33.1. The van der Waals surface area contributed by atoms with E-state index < -0.39 is 11.3 Å².